The van der Waals surface area contributed by atoms with Crippen LogP contribution in [0.5, 0.6) is 11.5 Å². The van der Waals surface area contributed by atoms with Crippen molar-refractivity contribution in [2.75, 3.05) is 13.1 Å². The quantitative estimate of drug-likeness (QED) is 0.215. The second kappa shape index (κ2) is 9.25. The highest BCUT2D eigenvalue weighted by Gasteiger charge is 2.21. The summed E-state index contributed by atoms with van der Waals surface area (Å²) in [6.45, 7) is 4.04. The molecule has 3 aromatic heterocycles. The fourth-order valence-electron chi connectivity index (χ4n) is 4.23. The van der Waals surface area contributed by atoms with E-state index >= 15 is 0 Å². The zero-order chi connectivity index (χ0) is 22.6. The highest BCUT2D eigenvalue weighted by molar-refractivity contribution is 6.03. The van der Waals surface area contributed by atoms with E-state index in [-0.39, 0.29) is 0 Å². The number of H-pyrrole nitrogens is 2. The van der Waals surface area contributed by atoms with E-state index in [1.807, 2.05) is 54.2 Å². The lowest BCUT2D eigenvalue weighted by Gasteiger charge is -2.23. The van der Waals surface area contributed by atoms with Crippen LogP contribution >= 0.6 is 0 Å². The molecule has 0 atom stereocenters. The summed E-state index contributed by atoms with van der Waals surface area (Å²) in [5.41, 5.74) is 10.4. The molecule has 1 fully saturated rings. The van der Waals surface area contributed by atoms with E-state index in [2.05, 4.69) is 31.4 Å². The molecule has 0 radical (unpaired) electrons. The molecule has 1 aromatic carbocycles. The molecule has 5 N–H and O–H groups in total. The third kappa shape index (κ3) is 4.49. The smallest absolute Gasteiger partial charge is 0.351 e. The number of piperidine rings is 1. The van der Waals surface area contributed by atoms with Gasteiger partial charge in [0, 0.05) is 12.3 Å². The molecule has 0 spiro atoms. The van der Waals surface area contributed by atoms with E-state index in [4.69, 9.17) is 15.5 Å². The molecule has 1 aliphatic heterocycles. The maximum absolute atomic E-state index is 6.09. The van der Waals surface area contributed by atoms with Gasteiger partial charge in [-0.1, -0.05) is 0 Å². The van der Waals surface area contributed by atoms with Crippen molar-refractivity contribution < 1.29 is 9.25 Å². The van der Waals surface area contributed by atoms with Crippen molar-refractivity contribution in [1.29, 1.82) is 0 Å². The first-order valence-corrected chi connectivity index (χ1v) is 11.1. The standard InChI is InChI=1S/C24H26N8O/c1-16-12-18(2-3-21(16)33-19-7-11-32-22(13-19)29-15-30-32)31-24(28-14-25)23-20(6-10-27-23)17-4-8-26-9-5-17/h2-3,6-7,10-15,17,26H,4-5,8-9H2,1H3,(H3,25,27,28,31)/p+1. The Labute approximate surface area is 191 Å². The number of nitrogens with one attached hydrogen (secondary N) is 3. The van der Waals surface area contributed by atoms with Crippen LogP contribution in [-0.4, -0.2) is 40.3 Å². The SMILES string of the molecule is Cc1cc(N=C(N=CN)c2[nH]ccc2C2CCNCC2)ccc1Oc1cc[n+]2[nH]cnc2c1. The van der Waals surface area contributed by atoms with Crippen molar-refractivity contribution in [1.82, 2.24) is 20.4 Å². The molecular weight excluding hydrogens is 416 g/mol. The van der Waals surface area contributed by atoms with Crippen LogP contribution in [0.1, 0.15) is 35.6 Å². The molecule has 1 aliphatic rings. The number of ether oxygens (including phenoxy) is 1. The Hall–Kier alpha value is -3.98. The molecule has 5 rings (SSSR count). The monoisotopic (exact) mass is 443 g/mol. The number of amidine groups is 1. The minimum absolute atomic E-state index is 0.480. The molecule has 0 aliphatic carbocycles. The van der Waals surface area contributed by atoms with Gasteiger partial charge >= 0.3 is 5.65 Å². The van der Waals surface area contributed by atoms with Gasteiger partial charge in [-0.2, -0.15) is 5.10 Å². The van der Waals surface area contributed by atoms with Gasteiger partial charge in [-0.25, -0.2) is 9.98 Å². The zero-order valence-corrected chi connectivity index (χ0v) is 18.5. The molecule has 168 valence electrons. The second-order valence-corrected chi connectivity index (χ2v) is 8.08. The van der Waals surface area contributed by atoms with E-state index in [1.165, 1.54) is 11.9 Å². The Morgan fingerprint density at radius 3 is 2.91 bits per heavy atom. The summed E-state index contributed by atoms with van der Waals surface area (Å²) in [7, 11) is 0. The van der Waals surface area contributed by atoms with Gasteiger partial charge in [0.1, 0.15) is 17.7 Å². The van der Waals surface area contributed by atoms with Crippen LogP contribution in [0.2, 0.25) is 0 Å². The molecule has 0 amide bonds. The van der Waals surface area contributed by atoms with Gasteiger partial charge < -0.3 is 20.8 Å². The molecule has 1 saturated heterocycles. The summed E-state index contributed by atoms with van der Waals surface area (Å²) in [4.78, 5) is 16.8. The van der Waals surface area contributed by atoms with Gasteiger partial charge in [0.15, 0.2) is 5.84 Å². The topological polar surface area (TPSA) is 121 Å². The fourth-order valence-corrected chi connectivity index (χ4v) is 4.23. The average Bonchev–Trinajstić information content (AvgIpc) is 3.50. The molecule has 0 saturated carbocycles. The molecule has 0 unspecified atom stereocenters. The largest absolute Gasteiger partial charge is 0.457 e. The number of hydrogen-bond donors (Lipinski definition) is 4. The van der Waals surface area contributed by atoms with Crippen molar-refractivity contribution in [3.63, 3.8) is 0 Å². The lowest BCUT2D eigenvalue weighted by atomic mass is 9.90. The Bertz CT molecular complexity index is 1310. The van der Waals surface area contributed by atoms with E-state index in [0.717, 1.165) is 54.3 Å². The number of hydrogen-bond acceptors (Lipinski definition) is 4. The van der Waals surface area contributed by atoms with Crippen LogP contribution in [0.15, 0.2) is 65.1 Å². The van der Waals surface area contributed by atoms with Crippen molar-refractivity contribution >= 4 is 23.5 Å². The molecule has 33 heavy (non-hydrogen) atoms. The Balaban J connectivity index is 1.41. The van der Waals surface area contributed by atoms with E-state index < -0.39 is 0 Å². The summed E-state index contributed by atoms with van der Waals surface area (Å²) in [6, 6.07) is 11.7. The Kier molecular flexibility index (Phi) is 5.86. The number of aryl methyl sites for hydroxylation is 1. The number of nitrogens with zero attached hydrogens (tertiary/aromatic N) is 4. The Morgan fingerprint density at radius 2 is 2.09 bits per heavy atom. The number of nitrogens with two attached hydrogens (primary N) is 1. The van der Waals surface area contributed by atoms with Gasteiger partial charge in [0.25, 0.3) is 0 Å². The molecular formula is C24H27N8O+. The number of aliphatic imine (C=N–C) groups is 2. The van der Waals surface area contributed by atoms with E-state index in [1.54, 1.807) is 6.33 Å². The lowest BCUT2D eigenvalue weighted by molar-refractivity contribution is -0.577. The predicted octanol–water partition coefficient (Wildman–Crippen LogP) is 3.11. The Morgan fingerprint density at radius 1 is 1.21 bits per heavy atom. The second-order valence-electron chi connectivity index (χ2n) is 8.08. The number of aromatic amines is 2. The predicted molar refractivity (Wildman–Crippen MR) is 128 cm³/mol. The fraction of sp³-hybridized carbons (Fsp3) is 0.250. The summed E-state index contributed by atoms with van der Waals surface area (Å²) >= 11 is 0. The van der Waals surface area contributed by atoms with Crippen molar-refractivity contribution in [3.05, 3.63) is 71.9 Å². The summed E-state index contributed by atoms with van der Waals surface area (Å²) in [5, 5.41) is 6.42. The highest BCUT2D eigenvalue weighted by Crippen LogP contribution is 2.31. The van der Waals surface area contributed by atoms with Crippen LogP contribution < -0.4 is 20.3 Å². The third-order valence-electron chi connectivity index (χ3n) is 5.90. The van der Waals surface area contributed by atoms with E-state index in [9.17, 15) is 0 Å². The summed E-state index contributed by atoms with van der Waals surface area (Å²) < 4.78 is 7.90. The number of rotatable bonds is 5. The summed E-state index contributed by atoms with van der Waals surface area (Å²) in [6.07, 6.45) is 8.94. The third-order valence-corrected chi connectivity index (χ3v) is 5.90. The van der Waals surface area contributed by atoms with Crippen LogP contribution in [0, 0.1) is 6.92 Å². The minimum atomic E-state index is 0.480. The molecule has 4 heterocycles. The number of benzene rings is 1. The van der Waals surface area contributed by atoms with Gasteiger partial charge in [-0.15, -0.1) is 4.52 Å². The molecule has 9 heteroatoms. The molecule has 4 aromatic rings. The highest BCUT2D eigenvalue weighted by atomic mass is 16.5. The van der Waals surface area contributed by atoms with Gasteiger partial charge in [-0.05, 0) is 79.1 Å². The van der Waals surface area contributed by atoms with Gasteiger partial charge in [0.05, 0.1) is 23.8 Å². The first kappa shape index (κ1) is 20.9. The van der Waals surface area contributed by atoms with Crippen molar-refractivity contribution in [2.24, 2.45) is 15.7 Å². The minimum Gasteiger partial charge on any atom is -0.457 e. The van der Waals surface area contributed by atoms with Crippen molar-refractivity contribution in [2.45, 2.75) is 25.7 Å². The van der Waals surface area contributed by atoms with Crippen LogP contribution in [0.3, 0.4) is 0 Å². The number of aromatic nitrogens is 4. The first-order valence-electron chi connectivity index (χ1n) is 11.1. The summed E-state index contributed by atoms with van der Waals surface area (Å²) in [5.74, 6) is 2.53. The number of pyridine rings is 1. The maximum atomic E-state index is 6.09. The van der Waals surface area contributed by atoms with Crippen LogP contribution in [0.25, 0.3) is 5.65 Å². The van der Waals surface area contributed by atoms with Gasteiger partial charge in [0.2, 0.25) is 6.33 Å². The van der Waals surface area contributed by atoms with Crippen LogP contribution in [-0.2, 0) is 0 Å². The molecule has 9 nitrogen and oxygen atoms in total. The zero-order valence-electron chi connectivity index (χ0n) is 18.5. The molecule has 0 bridgehead atoms. The average molecular weight is 444 g/mol. The van der Waals surface area contributed by atoms with Crippen LogP contribution in [0.4, 0.5) is 5.69 Å². The maximum Gasteiger partial charge on any atom is 0.351 e. The van der Waals surface area contributed by atoms with Gasteiger partial charge in [-0.3, -0.25) is 0 Å². The normalized spacial score (nSPS) is 15.5. The lowest BCUT2D eigenvalue weighted by Crippen LogP contribution is -2.27. The first-order chi connectivity index (χ1) is 16.2. The van der Waals surface area contributed by atoms with Crippen molar-refractivity contribution in [3.8, 4) is 11.5 Å². The van der Waals surface area contributed by atoms with E-state index in [0.29, 0.717) is 17.5 Å². The number of fused-ring (bicyclic) bond motifs is 1.